The number of nitrogens with one attached hydrogen (secondary N) is 1. The van der Waals surface area contributed by atoms with Crippen LogP contribution < -0.4 is 5.32 Å². The molecule has 1 saturated carbocycles. The average Bonchev–Trinajstić information content (AvgIpc) is 2.82. The lowest BCUT2D eigenvalue weighted by molar-refractivity contribution is 0.174. The van der Waals surface area contributed by atoms with Crippen molar-refractivity contribution in [2.75, 3.05) is 0 Å². The fourth-order valence-corrected chi connectivity index (χ4v) is 5.39. The molecule has 0 spiro atoms. The zero-order valence-electron chi connectivity index (χ0n) is 13.2. The van der Waals surface area contributed by atoms with Crippen LogP contribution in [0.25, 0.3) is 0 Å². The zero-order valence-corrected chi connectivity index (χ0v) is 14.0. The van der Waals surface area contributed by atoms with Gasteiger partial charge in [-0.15, -0.1) is 11.3 Å². The molecule has 1 N–H and O–H groups in total. The van der Waals surface area contributed by atoms with E-state index in [9.17, 15) is 0 Å². The highest BCUT2D eigenvalue weighted by Crippen LogP contribution is 2.43. The molecule has 1 aromatic heterocycles. The molecule has 112 valence electrons. The van der Waals surface area contributed by atoms with E-state index in [4.69, 9.17) is 4.98 Å². The Hall–Kier alpha value is -0.410. The van der Waals surface area contributed by atoms with Crippen LogP contribution in [0.2, 0.25) is 0 Å². The first-order valence-corrected chi connectivity index (χ1v) is 9.17. The number of aromatic nitrogens is 1. The maximum absolute atomic E-state index is 5.09. The molecule has 3 rings (SSSR count). The molecule has 0 amide bonds. The van der Waals surface area contributed by atoms with Crippen LogP contribution >= 0.6 is 11.3 Å². The Bertz CT molecular complexity index is 438. The number of thiazole rings is 1. The first-order valence-electron chi connectivity index (χ1n) is 8.36. The fraction of sp³-hybridized carbons (Fsp3) is 0.824. The van der Waals surface area contributed by atoms with Crippen molar-refractivity contribution in [3.63, 3.8) is 0 Å². The number of aryl methyl sites for hydroxylation is 2. The second kappa shape index (κ2) is 5.76. The molecule has 0 bridgehead atoms. The van der Waals surface area contributed by atoms with Gasteiger partial charge >= 0.3 is 0 Å². The fourth-order valence-electron chi connectivity index (χ4n) is 4.05. The van der Waals surface area contributed by atoms with Gasteiger partial charge in [0.1, 0.15) is 5.01 Å². The van der Waals surface area contributed by atoms with Crippen LogP contribution in [0, 0.1) is 5.92 Å². The maximum Gasteiger partial charge on any atom is 0.113 e. The van der Waals surface area contributed by atoms with Crippen LogP contribution in [0.4, 0.5) is 0 Å². The number of hydrogen-bond acceptors (Lipinski definition) is 3. The molecule has 1 heterocycles. The summed E-state index contributed by atoms with van der Waals surface area (Å²) in [6.45, 7) is 6.95. The Kier molecular flexibility index (Phi) is 4.19. The van der Waals surface area contributed by atoms with Gasteiger partial charge in [0.2, 0.25) is 0 Å². The van der Waals surface area contributed by atoms with Crippen molar-refractivity contribution < 1.29 is 0 Å². The Balaban J connectivity index is 1.93. The SMILES string of the molecule is CC1CCCC(NC(C)C)(c2nc3c(s2)CCCC3)C1. The number of hydrogen-bond donors (Lipinski definition) is 1. The number of nitrogens with zero attached hydrogens (tertiary/aromatic N) is 1. The quantitative estimate of drug-likeness (QED) is 0.891. The molecule has 0 aliphatic heterocycles. The van der Waals surface area contributed by atoms with E-state index in [0.717, 1.165) is 5.92 Å². The van der Waals surface area contributed by atoms with Crippen molar-refractivity contribution in [3.05, 3.63) is 15.6 Å². The molecule has 0 saturated heterocycles. The Labute approximate surface area is 127 Å². The van der Waals surface area contributed by atoms with Crippen LogP contribution in [0.5, 0.6) is 0 Å². The van der Waals surface area contributed by atoms with Gasteiger partial charge < -0.3 is 5.32 Å². The second-order valence-corrected chi connectivity index (χ2v) is 8.26. The van der Waals surface area contributed by atoms with Crippen LogP contribution in [-0.4, -0.2) is 11.0 Å². The Morgan fingerprint density at radius 2 is 2.05 bits per heavy atom. The topological polar surface area (TPSA) is 24.9 Å². The summed E-state index contributed by atoms with van der Waals surface area (Å²) in [4.78, 5) is 6.67. The zero-order chi connectivity index (χ0) is 14.2. The van der Waals surface area contributed by atoms with Gasteiger partial charge in [-0.2, -0.15) is 0 Å². The summed E-state index contributed by atoms with van der Waals surface area (Å²) in [5.74, 6) is 0.816. The third-order valence-electron chi connectivity index (χ3n) is 4.82. The minimum absolute atomic E-state index is 0.161. The van der Waals surface area contributed by atoms with Crippen LogP contribution in [0.15, 0.2) is 0 Å². The third kappa shape index (κ3) is 2.80. The van der Waals surface area contributed by atoms with E-state index in [1.165, 1.54) is 62.1 Å². The van der Waals surface area contributed by atoms with Gasteiger partial charge in [0.25, 0.3) is 0 Å². The number of rotatable bonds is 3. The summed E-state index contributed by atoms with van der Waals surface area (Å²) in [7, 11) is 0. The lowest BCUT2D eigenvalue weighted by Gasteiger charge is -2.41. The predicted octanol–water partition coefficient (Wildman–Crippen LogP) is 4.43. The smallest absolute Gasteiger partial charge is 0.113 e. The summed E-state index contributed by atoms with van der Waals surface area (Å²) < 4.78 is 0. The van der Waals surface area contributed by atoms with Crippen molar-refractivity contribution in [1.82, 2.24) is 10.3 Å². The normalized spacial score (nSPS) is 30.5. The standard InChI is InChI=1S/C17H28N2S/c1-12(2)19-17(10-6-7-13(3)11-17)16-18-14-8-4-5-9-15(14)20-16/h12-13,19H,4-11H2,1-3H3. The van der Waals surface area contributed by atoms with E-state index < -0.39 is 0 Å². The van der Waals surface area contributed by atoms with E-state index in [2.05, 4.69) is 26.1 Å². The van der Waals surface area contributed by atoms with Crippen LogP contribution in [0.1, 0.15) is 74.9 Å². The van der Waals surface area contributed by atoms with E-state index >= 15 is 0 Å². The Morgan fingerprint density at radius 3 is 2.75 bits per heavy atom. The summed E-state index contributed by atoms with van der Waals surface area (Å²) >= 11 is 2.01. The lowest BCUT2D eigenvalue weighted by Crippen LogP contribution is -2.48. The van der Waals surface area contributed by atoms with Crippen LogP contribution in [-0.2, 0) is 18.4 Å². The second-order valence-electron chi connectivity index (χ2n) is 7.18. The molecule has 1 fully saturated rings. The molecule has 20 heavy (non-hydrogen) atoms. The van der Waals surface area contributed by atoms with Crippen molar-refractivity contribution in [1.29, 1.82) is 0 Å². The van der Waals surface area contributed by atoms with Crippen molar-refractivity contribution in [2.45, 2.75) is 83.7 Å². The summed E-state index contributed by atoms with van der Waals surface area (Å²) in [5.41, 5.74) is 1.58. The molecule has 2 nitrogen and oxygen atoms in total. The van der Waals surface area contributed by atoms with E-state index in [0.29, 0.717) is 6.04 Å². The number of fused-ring (bicyclic) bond motifs is 1. The molecule has 3 heteroatoms. The van der Waals surface area contributed by atoms with Gasteiger partial charge in [0.05, 0.1) is 11.2 Å². The van der Waals surface area contributed by atoms with Crippen molar-refractivity contribution in [2.24, 2.45) is 5.92 Å². The van der Waals surface area contributed by atoms with E-state index in [-0.39, 0.29) is 5.54 Å². The predicted molar refractivity (Wildman–Crippen MR) is 86.3 cm³/mol. The molecule has 2 atom stereocenters. The molecule has 2 unspecified atom stereocenters. The average molecular weight is 292 g/mol. The first kappa shape index (κ1) is 14.5. The highest BCUT2D eigenvalue weighted by atomic mass is 32.1. The maximum atomic E-state index is 5.09. The van der Waals surface area contributed by atoms with Gasteiger partial charge in [-0.3, -0.25) is 0 Å². The van der Waals surface area contributed by atoms with Crippen molar-refractivity contribution in [3.8, 4) is 0 Å². The van der Waals surface area contributed by atoms with Gasteiger partial charge in [0, 0.05) is 10.9 Å². The third-order valence-corrected chi connectivity index (χ3v) is 6.18. The molecule has 0 aromatic carbocycles. The molecular weight excluding hydrogens is 264 g/mol. The monoisotopic (exact) mass is 292 g/mol. The van der Waals surface area contributed by atoms with Gasteiger partial charge in [-0.05, 0) is 58.3 Å². The molecule has 0 radical (unpaired) electrons. The highest BCUT2D eigenvalue weighted by molar-refractivity contribution is 7.11. The summed E-state index contributed by atoms with van der Waals surface area (Å²) in [6, 6.07) is 0.529. The van der Waals surface area contributed by atoms with E-state index in [1.54, 1.807) is 4.88 Å². The molecule has 1 aromatic rings. The molecular formula is C17H28N2S. The molecule has 2 aliphatic rings. The van der Waals surface area contributed by atoms with Gasteiger partial charge in [-0.1, -0.05) is 19.8 Å². The van der Waals surface area contributed by atoms with Gasteiger partial charge in [-0.25, -0.2) is 4.98 Å². The largest absolute Gasteiger partial charge is 0.303 e. The highest BCUT2D eigenvalue weighted by Gasteiger charge is 2.40. The van der Waals surface area contributed by atoms with Crippen LogP contribution in [0.3, 0.4) is 0 Å². The summed E-state index contributed by atoms with van der Waals surface area (Å²) in [5, 5.41) is 5.29. The minimum atomic E-state index is 0.161. The minimum Gasteiger partial charge on any atom is -0.303 e. The lowest BCUT2D eigenvalue weighted by atomic mass is 9.76. The molecule has 2 aliphatic carbocycles. The van der Waals surface area contributed by atoms with Gasteiger partial charge in [0.15, 0.2) is 0 Å². The first-order chi connectivity index (χ1) is 9.59. The summed E-state index contributed by atoms with van der Waals surface area (Å²) in [6.07, 6.45) is 10.4. The Morgan fingerprint density at radius 1 is 1.25 bits per heavy atom. The van der Waals surface area contributed by atoms with E-state index in [1.807, 2.05) is 11.3 Å². The van der Waals surface area contributed by atoms with Crippen molar-refractivity contribution >= 4 is 11.3 Å².